The van der Waals surface area contributed by atoms with Crippen LogP contribution in [0.5, 0.6) is 5.75 Å². The zero-order valence-corrected chi connectivity index (χ0v) is 15.0. The van der Waals surface area contributed by atoms with Gasteiger partial charge in [0.05, 0.1) is 11.1 Å². The Hall–Kier alpha value is -0.540. The molecule has 0 saturated carbocycles. The zero-order chi connectivity index (χ0) is 15.2. The van der Waals surface area contributed by atoms with Crippen LogP contribution in [-0.4, -0.2) is 19.2 Å². The molecule has 1 N–H and O–H groups in total. The van der Waals surface area contributed by atoms with Crippen LogP contribution in [0, 0.1) is 5.41 Å². The summed E-state index contributed by atoms with van der Waals surface area (Å²) in [5, 5.41) is 3.53. The SMILES string of the molecule is CCOc1ccc(CCC(C)(C)CNC(C)C)cc1Br. The summed E-state index contributed by atoms with van der Waals surface area (Å²) in [5.41, 5.74) is 1.67. The van der Waals surface area contributed by atoms with E-state index in [-0.39, 0.29) is 0 Å². The van der Waals surface area contributed by atoms with Gasteiger partial charge >= 0.3 is 0 Å². The van der Waals surface area contributed by atoms with E-state index < -0.39 is 0 Å². The molecule has 0 aliphatic carbocycles. The Bertz CT molecular complexity index is 415. The van der Waals surface area contributed by atoms with E-state index in [0.717, 1.165) is 23.2 Å². The van der Waals surface area contributed by atoms with Crippen LogP contribution in [0.15, 0.2) is 22.7 Å². The molecule has 0 spiro atoms. The first-order chi connectivity index (χ1) is 9.34. The molecule has 0 heterocycles. The summed E-state index contributed by atoms with van der Waals surface area (Å²) >= 11 is 3.58. The molecule has 0 aliphatic rings. The predicted molar refractivity (Wildman–Crippen MR) is 90.6 cm³/mol. The highest BCUT2D eigenvalue weighted by atomic mass is 79.9. The van der Waals surface area contributed by atoms with E-state index in [0.29, 0.717) is 18.1 Å². The lowest BCUT2D eigenvalue weighted by molar-refractivity contribution is 0.304. The fraction of sp³-hybridized carbons (Fsp3) is 0.647. The fourth-order valence-corrected chi connectivity index (χ4v) is 2.56. The third kappa shape index (κ3) is 6.27. The minimum absolute atomic E-state index is 0.315. The van der Waals surface area contributed by atoms with Crippen molar-refractivity contribution in [2.45, 2.75) is 53.5 Å². The second-order valence-corrected chi connectivity index (χ2v) is 7.25. The van der Waals surface area contributed by atoms with Crippen molar-refractivity contribution in [1.82, 2.24) is 5.32 Å². The number of halogens is 1. The largest absolute Gasteiger partial charge is 0.493 e. The minimum atomic E-state index is 0.315. The number of hydrogen-bond donors (Lipinski definition) is 1. The van der Waals surface area contributed by atoms with Gasteiger partial charge < -0.3 is 10.1 Å². The number of aryl methyl sites for hydroxylation is 1. The molecule has 1 rings (SSSR count). The summed E-state index contributed by atoms with van der Waals surface area (Å²) in [6.07, 6.45) is 2.27. The van der Waals surface area contributed by atoms with Crippen molar-refractivity contribution in [3.63, 3.8) is 0 Å². The molecular weight excluding hydrogens is 314 g/mol. The number of rotatable bonds is 8. The molecule has 2 nitrogen and oxygen atoms in total. The standard InChI is InChI=1S/C17H28BrNO/c1-6-20-16-8-7-14(11-15(16)18)9-10-17(4,5)12-19-13(2)3/h7-8,11,13,19H,6,9-10,12H2,1-5H3. The lowest BCUT2D eigenvalue weighted by Gasteiger charge is -2.26. The first-order valence-corrected chi connectivity index (χ1v) is 8.28. The van der Waals surface area contributed by atoms with Gasteiger partial charge in [0.15, 0.2) is 0 Å². The Morgan fingerprint density at radius 2 is 2.00 bits per heavy atom. The normalized spacial score (nSPS) is 11.9. The summed E-state index contributed by atoms with van der Waals surface area (Å²) in [6, 6.07) is 6.95. The van der Waals surface area contributed by atoms with E-state index in [2.05, 4.69) is 67.1 Å². The summed E-state index contributed by atoms with van der Waals surface area (Å²) in [5.74, 6) is 0.928. The first-order valence-electron chi connectivity index (χ1n) is 7.48. The molecule has 0 amide bonds. The van der Waals surface area contributed by atoms with Crippen LogP contribution >= 0.6 is 15.9 Å². The maximum atomic E-state index is 5.55. The van der Waals surface area contributed by atoms with E-state index >= 15 is 0 Å². The molecule has 0 saturated heterocycles. The van der Waals surface area contributed by atoms with Gasteiger partial charge in [0.1, 0.15) is 5.75 Å². The smallest absolute Gasteiger partial charge is 0.133 e. The lowest BCUT2D eigenvalue weighted by atomic mass is 9.86. The van der Waals surface area contributed by atoms with Crippen LogP contribution in [0.1, 0.15) is 46.6 Å². The van der Waals surface area contributed by atoms with Gasteiger partial charge in [-0.3, -0.25) is 0 Å². The van der Waals surface area contributed by atoms with Gasteiger partial charge in [0.2, 0.25) is 0 Å². The highest BCUT2D eigenvalue weighted by Crippen LogP contribution is 2.28. The van der Waals surface area contributed by atoms with Crippen LogP contribution in [0.25, 0.3) is 0 Å². The summed E-state index contributed by atoms with van der Waals surface area (Å²) in [4.78, 5) is 0. The topological polar surface area (TPSA) is 21.3 Å². The number of nitrogens with one attached hydrogen (secondary N) is 1. The molecule has 0 aromatic heterocycles. The Morgan fingerprint density at radius 3 is 2.55 bits per heavy atom. The van der Waals surface area contributed by atoms with Crippen molar-refractivity contribution in [1.29, 1.82) is 0 Å². The maximum absolute atomic E-state index is 5.55. The first kappa shape index (κ1) is 17.5. The van der Waals surface area contributed by atoms with Gasteiger partial charge in [-0.2, -0.15) is 0 Å². The van der Waals surface area contributed by atoms with Crippen LogP contribution in [0.3, 0.4) is 0 Å². The minimum Gasteiger partial charge on any atom is -0.493 e. The van der Waals surface area contributed by atoms with Crippen molar-refractivity contribution in [2.24, 2.45) is 5.41 Å². The van der Waals surface area contributed by atoms with Crippen molar-refractivity contribution < 1.29 is 4.74 Å². The maximum Gasteiger partial charge on any atom is 0.133 e. The van der Waals surface area contributed by atoms with E-state index in [1.54, 1.807) is 0 Å². The quantitative estimate of drug-likeness (QED) is 0.732. The van der Waals surface area contributed by atoms with Crippen molar-refractivity contribution in [3.05, 3.63) is 28.2 Å². The molecule has 0 bridgehead atoms. The Labute approximate surface area is 132 Å². The second-order valence-electron chi connectivity index (χ2n) is 6.40. The molecule has 0 unspecified atom stereocenters. The van der Waals surface area contributed by atoms with E-state index in [4.69, 9.17) is 4.74 Å². The molecule has 3 heteroatoms. The highest BCUT2D eigenvalue weighted by Gasteiger charge is 2.18. The monoisotopic (exact) mass is 341 g/mol. The molecule has 114 valence electrons. The molecule has 0 aliphatic heterocycles. The molecule has 0 atom stereocenters. The molecule has 1 aromatic carbocycles. The van der Waals surface area contributed by atoms with Crippen molar-refractivity contribution in [2.75, 3.05) is 13.2 Å². The summed E-state index contributed by atoms with van der Waals surface area (Å²) in [7, 11) is 0. The van der Waals surface area contributed by atoms with Crippen molar-refractivity contribution in [3.8, 4) is 5.75 Å². The van der Waals surface area contributed by atoms with E-state index in [9.17, 15) is 0 Å². The van der Waals surface area contributed by atoms with Gasteiger partial charge in [-0.25, -0.2) is 0 Å². The average Bonchev–Trinajstić information content (AvgIpc) is 2.37. The zero-order valence-electron chi connectivity index (χ0n) is 13.4. The van der Waals surface area contributed by atoms with Gasteiger partial charge in [-0.15, -0.1) is 0 Å². The van der Waals surface area contributed by atoms with Crippen LogP contribution in [0.4, 0.5) is 0 Å². The second kappa shape index (κ2) is 8.04. The average molecular weight is 342 g/mol. The Morgan fingerprint density at radius 1 is 1.30 bits per heavy atom. The third-order valence-corrected chi connectivity index (χ3v) is 4.00. The number of hydrogen-bond acceptors (Lipinski definition) is 2. The Balaban J connectivity index is 2.54. The third-order valence-electron chi connectivity index (χ3n) is 3.38. The lowest BCUT2D eigenvalue weighted by Crippen LogP contribution is -2.34. The fourth-order valence-electron chi connectivity index (χ4n) is 2.02. The summed E-state index contributed by atoms with van der Waals surface area (Å²) < 4.78 is 6.60. The Kier molecular flexibility index (Phi) is 7.04. The highest BCUT2D eigenvalue weighted by molar-refractivity contribution is 9.10. The molecule has 0 fully saturated rings. The molecule has 20 heavy (non-hydrogen) atoms. The van der Waals surface area contributed by atoms with Crippen LogP contribution in [-0.2, 0) is 6.42 Å². The predicted octanol–water partition coefficient (Wildman–Crippen LogP) is 4.80. The van der Waals surface area contributed by atoms with E-state index in [1.807, 2.05) is 6.92 Å². The molecule has 1 aromatic rings. The summed E-state index contributed by atoms with van der Waals surface area (Å²) in [6.45, 7) is 12.8. The molecule has 0 radical (unpaired) electrons. The number of benzene rings is 1. The number of ether oxygens (including phenoxy) is 1. The van der Waals surface area contributed by atoms with Gasteiger partial charge in [-0.1, -0.05) is 33.8 Å². The van der Waals surface area contributed by atoms with Gasteiger partial charge in [0.25, 0.3) is 0 Å². The van der Waals surface area contributed by atoms with Gasteiger partial charge in [0, 0.05) is 12.6 Å². The van der Waals surface area contributed by atoms with Crippen LogP contribution < -0.4 is 10.1 Å². The van der Waals surface area contributed by atoms with E-state index in [1.165, 1.54) is 12.0 Å². The molecular formula is C17H28BrNO. The van der Waals surface area contributed by atoms with Gasteiger partial charge in [-0.05, 0) is 58.8 Å². The van der Waals surface area contributed by atoms with Crippen LogP contribution in [0.2, 0.25) is 0 Å². The van der Waals surface area contributed by atoms with Crippen molar-refractivity contribution >= 4 is 15.9 Å².